The SMILES string of the molecule is CN(C)CCCN(C)CC(=O)c1ccc2c(c1)OCO2. The number of rotatable bonds is 7. The van der Waals surface area contributed by atoms with Gasteiger partial charge in [-0.05, 0) is 58.9 Å². The molecule has 1 aliphatic heterocycles. The number of Topliss-reactive ketones (excluding diaryl/α,β-unsaturated/α-hetero) is 1. The summed E-state index contributed by atoms with van der Waals surface area (Å²) >= 11 is 0. The summed E-state index contributed by atoms with van der Waals surface area (Å²) in [6.45, 7) is 2.60. The highest BCUT2D eigenvalue weighted by Gasteiger charge is 2.16. The van der Waals surface area contributed by atoms with Crippen LogP contribution in [0.2, 0.25) is 0 Å². The first-order chi connectivity index (χ1) is 9.56. The molecule has 0 unspecified atom stereocenters. The van der Waals surface area contributed by atoms with Crippen LogP contribution < -0.4 is 9.47 Å². The molecule has 0 radical (unpaired) electrons. The number of benzene rings is 1. The molecule has 1 heterocycles. The second-order valence-corrected chi connectivity index (χ2v) is 5.39. The summed E-state index contributed by atoms with van der Waals surface area (Å²) in [5, 5.41) is 0. The zero-order valence-corrected chi connectivity index (χ0v) is 12.4. The second-order valence-electron chi connectivity index (χ2n) is 5.39. The van der Waals surface area contributed by atoms with Gasteiger partial charge in [0.05, 0.1) is 6.54 Å². The molecule has 0 N–H and O–H groups in total. The molecular formula is C15H22N2O3. The van der Waals surface area contributed by atoms with Gasteiger partial charge in [-0.2, -0.15) is 0 Å². The van der Waals surface area contributed by atoms with Crippen molar-refractivity contribution in [2.24, 2.45) is 0 Å². The number of nitrogens with zero attached hydrogens (tertiary/aromatic N) is 2. The molecule has 0 fully saturated rings. The largest absolute Gasteiger partial charge is 0.454 e. The van der Waals surface area contributed by atoms with Gasteiger partial charge in [-0.25, -0.2) is 0 Å². The summed E-state index contributed by atoms with van der Waals surface area (Å²) in [4.78, 5) is 16.4. The lowest BCUT2D eigenvalue weighted by molar-refractivity contribution is 0.0944. The molecule has 0 saturated heterocycles. The molecule has 1 aliphatic rings. The summed E-state index contributed by atoms with van der Waals surface area (Å²) in [6, 6.07) is 5.35. The molecule has 110 valence electrons. The van der Waals surface area contributed by atoms with Crippen LogP contribution in [0.1, 0.15) is 16.8 Å². The van der Waals surface area contributed by atoms with Crippen molar-refractivity contribution in [1.82, 2.24) is 9.80 Å². The van der Waals surface area contributed by atoms with Gasteiger partial charge in [-0.15, -0.1) is 0 Å². The predicted octanol–water partition coefficient (Wildman–Crippen LogP) is 1.48. The van der Waals surface area contributed by atoms with Gasteiger partial charge < -0.3 is 14.4 Å². The standard InChI is InChI=1S/C15H22N2O3/c1-16(2)7-4-8-17(3)10-13(18)12-5-6-14-15(9-12)20-11-19-14/h5-6,9H,4,7-8,10-11H2,1-3H3. The molecule has 0 amide bonds. The smallest absolute Gasteiger partial charge is 0.231 e. The Labute approximate surface area is 120 Å². The normalized spacial score (nSPS) is 13.2. The first-order valence-electron chi connectivity index (χ1n) is 6.82. The fourth-order valence-corrected chi connectivity index (χ4v) is 2.14. The molecule has 2 rings (SSSR count). The van der Waals surface area contributed by atoms with Crippen molar-refractivity contribution in [3.05, 3.63) is 23.8 Å². The Morgan fingerprint density at radius 1 is 1.15 bits per heavy atom. The van der Waals surface area contributed by atoms with Gasteiger partial charge in [-0.3, -0.25) is 9.69 Å². The lowest BCUT2D eigenvalue weighted by Crippen LogP contribution is -2.29. The lowest BCUT2D eigenvalue weighted by atomic mass is 10.1. The Kier molecular flexibility index (Phi) is 4.98. The van der Waals surface area contributed by atoms with E-state index < -0.39 is 0 Å². The highest BCUT2D eigenvalue weighted by atomic mass is 16.7. The van der Waals surface area contributed by atoms with E-state index in [1.807, 2.05) is 7.05 Å². The quantitative estimate of drug-likeness (QED) is 0.707. The van der Waals surface area contributed by atoms with Gasteiger partial charge in [0.25, 0.3) is 0 Å². The van der Waals surface area contributed by atoms with Gasteiger partial charge in [0.1, 0.15) is 0 Å². The van der Waals surface area contributed by atoms with Crippen molar-refractivity contribution in [3.8, 4) is 11.5 Å². The first kappa shape index (κ1) is 14.8. The number of carbonyl (C=O) groups excluding carboxylic acids is 1. The van der Waals surface area contributed by atoms with Gasteiger partial charge in [0.2, 0.25) is 6.79 Å². The third-order valence-electron chi connectivity index (χ3n) is 3.25. The van der Waals surface area contributed by atoms with E-state index in [1.165, 1.54) is 0 Å². The van der Waals surface area contributed by atoms with E-state index in [4.69, 9.17) is 9.47 Å². The number of ketones is 1. The van der Waals surface area contributed by atoms with E-state index in [9.17, 15) is 4.79 Å². The molecule has 0 spiro atoms. The minimum Gasteiger partial charge on any atom is -0.454 e. The third kappa shape index (κ3) is 3.95. The number of carbonyl (C=O) groups is 1. The molecule has 5 heteroatoms. The molecule has 1 aromatic rings. The maximum atomic E-state index is 12.2. The van der Waals surface area contributed by atoms with Crippen molar-refractivity contribution in [3.63, 3.8) is 0 Å². The van der Waals surface area contributed by atoms with Crippen LogP contribution in [0.25, 0.3) is 0 Å². The maximum absolute atomic E-state index is 12.2. The predicted molar refractivity (Wildman–Crippen MR) is 77.6 cm³/mol. The van der Waals surface area contributed by atoms with E-state index >= 15 is 0 Å². The minimum absolute atomic E-state index is 0.107. The molecule has 0 aromatic heterocycles. The topological polar surface area (TPSA) is 42.0 Å². The van der Waals surface area contributed by atoms with E-state index in [1.54, 1.807) is 18.2 Å². The van der Waals surface area contributed by atoms with Crippen LogP contribution in [-0.2, 0) is 0 Å². The summed E-state index contributed by atoms with van der Waals surface area (Å²) in [5.41, 5.74) is 0.675. The molecule has 5 nitrogen and oxygen atoms in total. The number of fused-ring (bicyclic) bond motifs is 1. The first-order valence-corrected chi connectivity index (χ1v) is 6.82. The summed E-state index contributed by atoms with van der Waals surface area (Å²) in [5.74, 6) is 1.47. The van der Waals surface area contributed by atoms with Crippen LogP contribution >= 0.6 is 0 Å². The third-order valence-corrected chi connectivity index (χ3v) is 3.25. The second kappa shape index (κ2) is 6.72. The number of hydrogen-bond donors (Lipinski definition) is 0. The molecule has 0 aliphatic carbocycles. The van der Waals surface area contributed by atoms with Crippen molar-refractivity contribution in [2.45, 2.75) is 6.42 Å². The zero-order valence-electron chi connectivity index (χ0n) is 12.4. The summed E-state index contributed by atoms with van der Waals surface area (Å²) in [7, 11) is 6.08. The Morgan fingerprint density at radius 3 is 2.65 bits per heavy atom. The Hall–Kier alpha value is -1.59. The van der Waals surface area contributed by atoms with Crippen LogP contribution in [0.3, 0.4) is 0 Å². The zero-order chi connectivity index (χ0) is 14.5. The molecule has 0 bridgehead atoms. The number of likely N-dealkylation sites (N-methyl/N-ethyl adjacent to an activating group) is 1. The van der Waals surface area contributed by atoms with E-state index in [-0.39, 0.29) is 12.6 Å². The molecule has 0 saturated carbocycles. The van der Waals surface area contributed by atoms with E-state index in [0.29, 0.717) is 23.6 Å². The van der Waals surface area contributed by atoms with Gasteiger partial charge in [0, 0.05) is 5.56 Å². The average Bonchev–Trinajstić information content (AvgIpc) is 2.85. The van der Waals surface area contributed by atoms with Crippen LogP contribution in [-0.4, -0.2) is 63.2 Å². The average molecular weight is 278 g/mol. The van der Waals surface area contributed by atoms with Crippen LogP contribution in [0.4, 0.5) is 0 Å². The number of ether oxygens (including phenoxy) is 2. The molecular weight excluding hydrogens is 256 g/mol. The van der Waals surface area contributed by atoms with Crippen molar-refractivity contribution in [2.75, 3.05) is 47.6 Å². The maximum Gasteiger partial charge on any atom is 0.231 e. The Balaban J connectivity index is 1.85. The van der Waals surface area contributed by atoms with E-state index in [2.05, 4.69) is 23.9 Å². The van der Waals surface area contributed by atoms with Crippen LogP contribution in [0, 0.1) is 0 Å². The molecule has 1 aromatic carbocycles. The van der Waals surface area contributed by atoms with Crippen LogP contribution in [0.15, 0.2) is 18.2 Å². The summed E-state index contributed by atoms with van der Waals surface area (Å²) in [6.07, 6.45) is 1.05. The highest BCUT2D eigenvalue weighted by molar-refractivity contribution is 5.98. The monoisotopic (exact) mass is 278 g/mol. The van der Waals surface area contributed by atoms with Crippen molar-refractivity contribution < 1.29 is 14.3 Å². The minimum atomic E-state index is 0.107. The Morgan fingerprint density at radius 2 is 1.90 bits per heavy atom. The summed E-state index contributed by atoms with van der Waals surface area (Å²) < 4.78 is 10.5. The highest BCUT2D eigenvalue weighted by Crippen LogP contribution is 2.32. The number of hydrogen-bond acceptors (Lipinski definition) is 5. The van der Waals surface area contributed by atoms with Gasteiger partial charge >= 0.3 is 0 Å². The van der Waals surface area contributed by atoms with Crippen LogP contribution in [0.5, 0.6) is 11.5 Å². The lowest BCUT2D eigenvalue weighted by Gasteiger charge is -2.17. The molecule has 0 atom stereocenters. The Bertz CT molecular complexity index is 474. The van der Waals surface area contributed by atoms with Gasteiger partial charge in [-0.1, -0.05) is 0 Å². The van der Waals surface area contributed by atoms with Crippen molar-refractivity contribution in [1.29, 1.82) is 0 Å². The fourth-order valence-electron chi connectivity index (χ4n) is 2.14. The fraction of sp³-hybridized carbons (Fsp3) is 0.533. The van der Waals surface area contributed by atoms with Gasteiger partial charge in [0.15, 0.2) is 17.3 Å². The van der Waals surface area contributed by atoms with E-state index in [0.717, 1.165) is 19.5 Å². The van der Waals surface area contributed by atoms with Crippen molar-refractivity contribution >= 4 is 5.78 Å². The molecule has 20 heavy (non-hydrogen) atoms.